The molecular weight excluding hydrogens is 243 g/mol. The van der Waals surface area contributed by atoms with Crippen molar-refractivity contribution in [2.24, 2.45) is 0 Å². The molecule has 0 saturated carbocycles. The van der Waals surface area contributed by atoms with Crippen LogP contribution in [0.5, 0.6) is 0 Å². The number of hydrogen-bond donors (Lipinski definition) is 1. The van der Waals surface area contributed by atoms with E-state index in [0.717, 1.165) is 12.8 Å². The first-order valence-electron chi connectivity index (χ1n) is 6.49. The molecule has 0 aromatic rings. The van der Waals surface area contributed by atoms with Crippen molar-refractivity contribution in [1.82, 2.24) is 0 Å². The Morgan fingerprint density at radius 3 is 1.56 bits per heavy atom. The Hall–Kier alpha value is -0.0105. The molecule has 16 heavy (non-hydrogen) atoms. The molecule has 0 rings (SSSR count). The maximum Gasteiger partial charge on any atom is 0.303 e. The van der Waals surface area contributed by atoms with Gasteiger partial charge in [-0.15, -0.1) is 0 Å². The van der Waals surface area contributed by atoms with E-state index in [2.05, 4.69) is 6.92 Å². The number of carboxylic acids is 1. The van der Waals surface area contributed by atoms with Crippen LogP contribution in [-0.2, 0) is 21.9 Å². The van der Waals surface area contributed by atoms with Crippen molar-refractivity contribution in [2.75, 3.05) is 0 Å². The smallest absolute Gasteiger partial charge is 0.303 e. The standard InChI is InChI=1S/C13H26O2.Mn/c1-2-3-4-5-6-7-8-9-10-11-12-13(14)15;/h2-12H2,1H3,(H,14,15);. The van der Waals surface area contributed by atoms with Gasteiger partial charge in [0.05, 0.1) is 0 Å². The van der Waals surface area contributed by atoms with Crippen molar-refractivity contribution in [1.29, 1.82) is 0 Å². The van der Waals surface area contributed by atoms with Crippen molar-refractivity contribution >= 4 is 5.97 Å². The van der Waals surface area contributed by atoms with E-state index < -0.39 is 5.97 Å². The molecule has 0 fully saturated rings. The first kappa shape index (κ1) is 18.4. The molecule has 1 N–H and O–H groups in total. The van der Waals surface area contributed by atoms with Crippen LogP contribution < -0.4 is 0 Å². The second-order valence-corrected chi connectivity index (χ2v) is 4.33. The minimum Gasteiger partial charge on any atom is -0.481 e. The van der Waals surface area contributed by atoms with E-state index in [1.54, 1.807) is 0 Å². The molecule has 0 aliphatic rings. The monoisotopic (exact) mass is 269 g/mol. The van der Waals surface area contributed by atoms with Gasteiger partial charge in [-0.3, -0.25) is 4.79 Å². The molecule has 0 saturated heterocycles. The summed E-state index contributed by atoms with van der Waals surface area (Å²) >= 11 is 0. The second-order valence-electron chi connectivity index (χ2n) is 4.33. The molecule has 0 aromatic heterocycles. The maximum absolute atomic E-state index is 10.2. The zero-order valence-corrected chi connectivity index (χ0v) is 11.7. The van der Waals surface area contributed by atoms with Gasteiger partial charge in [0.25, 0.3) is 0 Å². The molecule has 0 aliphatic heterocycles. The second kappa shape index (κ2) is 15.0. The van der Waals surface area contributed by atoms with Crippen LogP contribution in [-0.4, -0.2) is 11.1 Å². The van der Waals surface area contributed by atoms with Crippen LogP contribution in [0.3, 0.4) is 0 Å². The maximum atomic E-state index is 10.2. The Kier molecular flexibility index (Phi) is 17.2. The van der Waals surface area contributed by atoms with E-state index in [1.165, 1.54) is 51.4 Å². The van der Waals surface area contributed by atoms with Crippen LogP contribution in [0.2, 0.25) is 0 Å². The summed E-state index contributed by atoms with van der Waals surface area (Å²) in [4.78, 5) is 10.2. The molecule has 0 heterocycles. The molecule has 0 aliphatic carbocycles. The summed E-state index contributed by atoms with van der Waals surface area (Å²) in [5, 5.41) is 8.44. The van der Waals surface area contributed by atoms with Gasteiger partial charge < -0.3 is 5.11 Å². The van der Waals surface area contributed by atoms with E-state index in [1.807, 2.05) is 0 Å². The van der Waals surface area contributed by atoms with E-state index in [0.29, 0.717) is 6.42 Å². The van der Waals surface area contributed by atoms with Crippen LogP contribution in [0.15, 0.2) is 0 Å². The Morgan fingerprint density at radius 1 is 0.812 bits per heavy atom. The van der Waals surface area contributed by atoms with Gasteiger partial charge in [-0.2, -0.15) is 0 Å². The zero-order chi connectivity index (χ0) is 11.4. The van der Waals surface area contributed by atoms with Gasteiger partial charge in [0.15, 0.2) is 0 Å². The third-order valence-corrected chi connectivity index (χ3v) is 2.74. The number of carboxylic acid groups (broad SMARTS) is 1. The van der Waals surface area contributed by atoms with Crippen LogP contribution in [0.1, 0.15) is 77.6 Å². The van der Waals surface area contributed by atoms with Gasteiger partial charge in [-0.1, -0.05) is 64.7 Å². The van der Waals surface area contributed by atoms with Crippen molar-refractivity contribution < 1.29 is 27.0 Å². The SMILES string of the molecule is CCCCCCCCCCCCC(=O)O.[Mn]. The van der Waals surface area contributed by atoms with Gasteiger partial charge >= 0.3 is 5.97 Å². The Bertz CT molecular complexity index is 149. The fourth-order valence-electron chi connectivity index (χ4n) is 1.76. The first-order valence-corrected chi connectivity index (χ1v) is 6.49. The average Bonchev–Trinajstić information content (AvgIpc) is 2.20. The van der Waals surface area contributed by atoms with Crippen molar-refractivity contribution in [3.63, 3.8) is 0 Å². The summed E-state index contributed by atoms with van der Waals surface area (Å²) < 4.78 is 0. The molecule has 0 amide bonds. The van der Waals surface area contributed by atoms with Crippen molar-refractivity contribution in [3.05, 3.63) is 0 Å². The minimum atomic E-state index is -0.658. The predicted octanol–water partition coefficient (Wildman–Crippen LogP) is 4.38. The molecule has 0 spiro atoms. The third-order valence-electron chi connectivity index (χ3n) is 2.74. The number of aliphatic carboxylic acids is 1. The molecule has 0 bridgehead atoms. The zero-order valence-electron chi connectivity index (χ0n) is 10.5. The summed E-state index contributed by atoms with van der Waals surface area (Å²) in [7, 11) is 0. The van der Waals surface area contributed by atoms with Crippen LogP contribution in [0, 0.1) is 0 Å². The van der Waals surface area contributed by atoms with Gasteiger partial charge in [-0.25, -0.2) is 0 Å². The van der Waals surface area contributed by atoms with Gasteiger partial charge in [0.1, 0.15) is 0 Å². The minimum absolute atomic E-state index is 0. The Balaban J connectivity index is 0. The molecule has 0 aromatic carbocycles. The normalized spacial score (nSPS) is 9.81. The predicted molar refractivity (Wildman–Crippen MR) is 64.1 cm³/mol. The molecule has 2 nitrogen and oxygen atoms in total. The van der Waals surface area contributed by atoms with Gasteiger partial charge in [0, 0.05) is 23.5 Å². The molecule has 1 radical (unpaired) electrons. The van der Waals surface area contributed by atoms with E-state index in [-0.39, 0.29) is 17.1 Å². The van der Waals surface area contributed by atoms with Crippen molar-refractivity contribution in [2.45, 2.75) is 77.6 Å². The largest absolute Gasteiger partial charge is 0.481 e. The van der Waals surface area contributed by atoms with Crippen LogP contribution in [0.4, 0.5) is 0 Å². The average molecular weight is 269 g/mol. The topological polar surface area (TPSA) is 37.3 Å². The van der Waals surface area contributed by atoms with E-state index in [9.17, 15) is 4.79 Å². The summed E-state index contributed by atoms with van der Waals surface area (Å²) in [5.74, 6) is -0.658. The molecule has 0 unspecified atom stereocenters. The fraction of sp³-hybridized carbons (Fsp3) is 0.923. The number of carbonyl (C=O) groups is 1. The fourth-order valence-corrected chi connectivity index (χ4v) is 1.76. The molecule has 3 heteroatoms. The summed E-state index contributed by atoms with van der Waals surface area (Å²) in [6.45, 7) is 2.24. The van der Waals surface area contributed by atoms with Crippen molar-refractivity contribution in [3.8, 4) is 0 Å². The summed E-state index contributed by atoms with van der Waals surface area (Å²) in [6, 6.07) is 0. The third kappa shape index (κ3) is 16.4. The summed E-state index contributed by atoms with van der Waals surface area (Å²) in [6.07, 6.45) is 12.9. The molecular formula is C13H26MnO2. The quantitative estimate of drug-likeness (QED) is 0.446. The number of rotatable bonds is 11. The van der Waals surface area contributed by atoms with Crippen LogP contribution in [0.25, 0.3) is 0 Å². The first-order chi connectivity index (χ1) is 7.27. The summed E-state index contributed by atoms with van der Waals surface area (Å²) in [5.41, 5.74) is 0. The van der Waals surface area contributed by atoms with Crippen LogP contribution >= 0.6 is 0 Å². The number of hydrogen-bond acceptors (Lipinski definition) is 1. The van der Waals surface area contributed by atoms with Gasteiger partial charge in [0.2, 0.25) is 0 Å². The van der Waals surface area contributed by atoms with E-state index >= 15 is 0 Å². The Morgan fingerprint density at radius 2 is 1.19 bits per heavy atom. The molecule has 97 valence electrons. The molecule has 0 atom stereocenters. The number of unbranched alkanes of at least 4 members (excludes halogenated alkanes) is 9. The Labute approximate surface area is 111 Å². The van der Waals surface area contributed by atoms with E-state index in [4.69, 9.17) is 5.11 Å². The van der Waals surface area contributed by atoms with Gasteiger partial charge in [-0.05, 0) is 6.42 Å².